The molecule has 0 radical (unpaired) electrons. The number of thiocarbonyl (C=S) groups is 1. The normalized spacial score (nSPS) is 15.4. The Hall–Kier alpha value is -2.31. The van der Waals surface area contributed by atoms with E-state index in [1.807, 2.05) is 36.4 Å². The Morgan fingerprint density at radius 2 is 1.68 bits per heavy atom. The summed E-state index contributed by atoms with van der Waals surface area (Å²) in [5.41, 5.74) is 3.24. The maximum Gasteiger partial charge on any atom is 0.265 e. The van der Waals surface area contributed by atoms with Crippen LogP contribution in [-0.2, 0) is 4.79 Å². The second-order valence-electron chi connectivity index (χ2n) is 6.58. The van der Waals surface area contributed by atoms with Crippen LogP contribution in [0, 0.1) is 13.8 Å². The molecule has 3 rings (SSSR count). The van der Waals surface area contributed by atoms with Gasteiger partial charge in [0.15, 0.2) is 0 Å². The number of benzene rings is 2. The zero-order chi connectivity index (χ0) is 20.1. The Morgan fingerprint density at radius 1 is 1.04 bits per heavy atom. The van der Waals surface area contributed by atoms with Crippen LogP contribution in [0.3, 0.4) is 0 Å². The molecule has 28 heavy (non-hydrogen) atoms. The fourth-order valence-electron chi connectivity index (χ4n) is 2.81. The minimum atomic E-state index is -0.0563. The molecule has 1 fully saturated rings. The summed E-state index contributed by atoms with van der Waals surface area (Å²) in [6.07, 6.45) is 2.65. The van der Waals surface area contributed by atoms with Crippen molar-refractivity contribution in [3.8, 4) is 11.5 Å². The number of carbonyl (C=O) groups is 1. The van der Waals surface area contributed by atoms with Gasteiger partial charge in [-0.15, -0.1) is 0 Å². The van der Waals surface area contributed by atoms with E-state index in [2.05, 4.69) is 26.0 Å². The third-order valence-electron chi connectivity index (χ3n) is 4.38. The van der Waals surface area contributed by atoms with Crippen LogP contribution in [0.4, 0.5) is 0 Å². The van der Waals surface area contributed by atoms with Crippen LogP contribution in [-0.4, -0.2) is 35.4 Å². The van der Waals surface area contributed by atoms with Crippen molar-refractivity contribution in [2.24, 2.45) is 0 Å². The molecule has 4 nitrogen and oxygen atoms in total. The van der Waals surface area contributed by atoms with Crippen molar-refractivity contribution in [2.75, 3.05) is 20.3 Å². The zero-order valence-corrected chi connectivity index (χ0v) is 17.9. The summed E-state index contributed by atoms with van der Waals surface area (Å²) in [5, 5.41) is 0. The van der Waals surface area contributed by atoms with Crippen LogP contribution in [0.2, 0.25) is 0 Å². The first kappa shape index (κ1) is 20.4. The van der Waals surface area contributed by atoms with E-state index in [9.17, 15) is 4.79 Å². The molecule has 0 unspecified atom stereocenters. The fourth-order valence-corrected chi connectivity index (χ4v) is 3.99. The number of amides is 1. The summed E-state index contributed by atoms with van der Waals surface area (Å²) < 4.78 is 12.3. The SMILES string of the molecule is Cc1cccc(C)c1OCCCOc1ccc(/C=C2\SC(=S)N(C)C2=O)cc1. The van der Waals surface area contributed by atoms with Crippen LogP contribution in [0.1, 0.15) is 23.1 Å². The molecule has 0 aromatic heterocycles. The molecule has 146 valence electrons. The number of hydrogen-bond donors (Lipinski definition) is 0. The molecule has 1 saturated heterocycles. The number of likely N-dealkylation sites (N-methyl/N-ethyl adjacent to an activating group) is 1. The summed E-state index contributed by atoms with van der Waals surface area (Å²) >= 11 is 6.47. The lowest BCUT2D eigenvalue weighted by molar-refractivity contribution is -0.121. The molecule has 1 amide bonds. The lowest BCUT2D eigenvalue weighted by atomic mass is 10.1. The second kappa shape index (κ2) is 9.26. The average molecular weight is 414 g/mol. The molecule has 0 aliphatic carbocycles. The third-order valence-corrected chi connectivity index (χ3v) is 5.86. The molecule has 2 aromatic carbocycles. The van der Waals surface area contributed by atoms with Gasteiger partial charge in [0.1, 0.15) is 15.8 Å². The van der Waals surface area contributed by atoms with E-state index in [0.29, 0.717) is 22.4 Å². The van der Waals surface area contributed by atoms with Crippen molar-refractivity contribution < 1.29 is 14.3 Å². The van der Waals surface area contributed by atoms with Gasteiger partial charge in [0.05, 0.1) is 18.1 Å². The average Bonchev–Trinajstić information content (AvgIpc) is 2.91. The number of thioether (sulfide) groups is 1. The topological polar surface area (TPSA) is 38.8 Å². The Bertz CT molecular complexity index is 886. The van der Waals surface area contributed by atoms with E-state index in [1.165, 1.54) is 16.7 Å². The minimum Gasteiger partial charge on any atom is -0.493 e. The molecule has 1 heterocycles. The number of ether oxygens (including phenoxy) is 2. The molecule has 0 atom stereocenters. The highest BCUT2D eigenvalue weighted by Gasteiger charge is 2.28. The predicted molar refractivity (Wildman–Crippen MR) is 119 cm³/mol. The van der Waals surface area contributed by atoms with Gasteiger partial charge in [-0.3, -0.25) is 9.69 Å². The number of para-hydroxylation sites is 1. The first-order valence-corrected chi connectivity index (χ1v) is 10.3. The molecule has 1 aliphatic rings. The monoisotopic (exact) mass is 413 g/mol. The van der Waals surface area contributed by atoms with Gasteiger partial charge >= 0.3 is 0 Å². The lowest BCUT2D eigenvalue weighted by Gasteiger charge is -2.12. The Morgan fingerprint density at radius 3 is 2.29 bits per heavy atom. The van der Waals surface area contributed by atoms with E-state index < -0.39 is 0 Å². The van der Waals surface area contributed by atoms with Crippen molar-refractivity contribution in [1.29, 1.82) is 0 Å². The smallest absolute Gasteiger partial charge is 0.265 e. The fraction of sp³-hybridized carbons (Fsp3) is 0.273. The zero-order valence-electron chi connectivity index (χ0n) is 16.2. The highest BCUT2D eigenvalue weighted by molar-refractivity contribution is 8.26. The number of hydrogen-bond acceptors (Lipinski definition) is 5. The highest BCUT2D eigenvalue weighted by atomic mass is 32.2. The Balaban J connectivity index is 1.46. The maximum atomic E-state index is 12.0. The Kier molecular flexibility index (Phi) is 6.75. The van der Waals surface area contributed by atoms with Crippen LogP contribution in [0.25, 0.3) is 6.08 Å². The van der Waals surface area contributed by atoms with E-state index in [1.54, 1.807) is 7.05 Å². The lowest BCUT2D eigenvalue weighted by Crippen LogP contribution is -2.22. The summed E-state index contributed by atoms with van der Waals surface area (Å²) in [6, 6.07) is 13.8. The summed E-state index contributed by atoms with van der Waals surface area (Å²) in [7, 11) is 1.69. The molecule has 0 spiro atoms. The van der Waals surface area contributed by atoms with Gasteiger partial charge in [-0.25, -0.2) is 0 Å². The van der Waals surface area contributed by atoms with Gasteiger partial charge in [0, 0.05) is 13.5 Å². The van der Waals surface area contributed by atoms with Gasteiger partial charge in [-0.1, -0.05) is 54.3 Å². The van der Waals surface area contributed by atoms with Gasteiger partial charge in [0.25, 0.3) is 5.91 Å². The standard InChI is InChI=1S/C22H23NO3S2/c1-15-6-4-7-16(2)20(15)26-13-5-12-25-18-10-8-17(9-11-18)14-19-21(24)23(3)22(27)28-19/h4,6-11,14H,5,12-13H2,1-3H3/b19-14-. The minimum absolute atomic E-state index is 0.0563. The van der Waals surface area contributed by atoms with Crippen molar-refractivity contribution in [3.63, 3.8) is 0 Å². The quantitative estimate of drug-likeness (QED) is 0.364. The molecule has 1 aliphatic heterocycles. The van der Waals surface area contributed by atoms with Crippen molar-refractivity contribution in [3.05, 3.63) is 64.1 Å². The Labute approximate surface area is 175 Å². The van der Waals surface area contributed by atoms with E-state index in [4.69, 9.17) is 21.7 Å². The van der Waals surface area contributed by atoms with Crippen molar-refractivity contribution in [2.45, 2.75) is 20.3 Å². The van der Waals surface area contributed by atoms with E-state index in [-0.39, 0.29) is 5.91 Å². The summed E-state index contributed by atoms with van der Waals surface area (Å²) in [4.78, 5) is 14.2. The molecule has 0 N–H and O–H groups in total. The molecule has 0 saturated carbocycles. The number of carbonyl (C=O) groups excluding carboxylic acids is 1. The number of nitrogens with zero attached hydrogens (tertiary/aromatic N) is 1. The van der Waals surface area contributed by atoms with Gasteiger partial charge in [0.2, 0.25) is 0 Å². The first-order chi connectivity index (χ1) is 13.5. The van der Waals surface area contributed by atoms with Crippen LogP contribution >= 0.6 is 24.0 Å². The van der Waals surface area contributed by atoms with Crippen molar-refractivity contribution >= 4 is 40.3 Å². The van der Waals surface area contributed by atoms with Crippen LogP contribution < -0.4 is 9.47 Å². The van der Waals surface area contributed by atoms with E-state index >= 15 is 0 Å². The highest BCUT2D eigenvalue weighted by Crippen LogP contribution is 2.31. The maximum absolute atomic E-state index is 12.0. The molecular weight excluding hydrogens is 390 g/mol. The van der Waals surface area contributed by atoms with Gasteiger partial charge < -0.3 is 9.47 Å². The van der Waals surface area contributed by atoms with Crippen LogP contribution in [0.5, 0.6) is 11.5 Å². The summed E-state index contributed by atoms with van der Waals surface area (Å²) in [6.45, 7) is 5.30. The van der Waals surface area contributed by atoms with Crippen LogP contribution in [0.15, 0.2) is 47.4 Å². The third kappa shape index (κ3) is 4.94. The molecule has 0 bridgehead atoms. The largest absolute Gasteiger partial charge is 0.493 e. The molecule has 6 heteroatoms. The van der Waals surface area contributed by atoms with Gasteiger partial charge in [-0.05, 0) is 48.7 Å². The second-order valence-corrected chi connectivity index (χ2v) is 8.26. The summed E-state index contributed by atoms with van der Waals surface area (Å²) in [5.74, 6) is 1.70. The van der Waals surface area contributed by atoms with Crippen molar-refractivity contribution in [1.82, 2.24) is 4.90 Å². The first-order valence-electron chi connectivity index (χ1n) is 9.09. The molecule has 2 aromatic rings. The number of rotatable bonds is 7. The number of aryl methyl sites for hydroxylation is 2. The van der Waals surface area contributed by atoms with Gasteiger partial charge in [-0.2, -0.15) is 0 Å². The molecular formula is C22H23NO3S2. The predicted octanol–water partition coefficient (Wildman–Crippen LogP) is 4.98. The van der Waals surface area contributed by atoms with E-state index in [0.717, 1.165) is 34.6 Å².